The summed E-state index contributed by atoms with van der Waals surface area (Å²) in [6.45, 7) is 0.580. The molecule has 1 aromatic rings. The van der Waals surface area contributed by atoms with Crippen LogP contribution in [0.2, 0.25) is 0 Å². The number of carbonyl (C=O) groups excluding carboxylic acids is 2. The summed E-state index contributed by atoms with van der Waals surface area (Å²) in [5.74, 6) is -0.0510. The van der Waals surface area contributed by atoms with Crippen LogP contribution in [0.25, 0.3) is 0 Å². The Morgan fingerprint density at radius 2 is 2.35 bits per heavy atom. The highest BCUT2D eigenvalue weighted by molar-refractivity contribution is 5.94. The van der Waals surface area contributed by atoms with Crippen molar-refractivity contribution in [3.63, 3.8) is 0 Å². The summed E-state index contributed by atoms with van der Waals surface area (Å²) in [6, 6.07) is 0. The smallest absolute Gasteiger partial charge is 0.252 e. The number of amides is 2. The van der Waals surface area contributed by atoms with E-state index in [1.54, 1.807) is 11.6 Å². The van der Waals surface area contributed by atoms with E-state index in [2.05, 4.69) is 15.5 Å². The van der Waals surface area contributed by atoms with Crippen LogP contribution in [0.15, 0.2) is 6.33 Å². The second-order valence-corrected chi connectivity index (χ2v) is 4.79. The molecule has 0 saturated carbocycles. The van der Waals surface area contributed by atoms with Crippen molar-refractivity contribution in [2.24, 2.45) is 7.05 Å². The van der Waals surface area contributed by atoms with Gasteiger partial charge in [0.2, 0.25) is 11.9 Å². The fourth-order valence-corrected chi connectivity index (χ4v) is 2.18. The van der Waals surface area contributed by atoms with Gasteiger partial charge in [0.15, 0.2) is 0 Å². The van der Waals surface area contributed by atoms with Crippen LogP contribution in [0.1, 0.15) is 19.3 Å². The van der Waals surface area contributed by atoms with Crippen molar-refractivity contribution in [3.8, 4) is 0 Å². The van der Waals surface area contributed by atoms with Gasteiger partial charge in [-0.3, -0.25) is 14.9 Å². The van der Waals surface area contributed by atoms with Crippen LogP contribution >= 0.6 is 0 Å². The van der Waals surface area contributed by atoms with Gasteiger partial charge in [0, 0.05) is 20.7 Å². The largest absolute Gasteiger partial charge is 0.372 e. The van der Waals surface area contributed by atoms with E-state index < -0.39 is 6.10 Å². The Hall–Kier alpha value is -1.96. The number of methoxy groups -OCH3 is 1. The predicted octanol–water partition coefficient (Wildman–Crippen LogP) is -0.219. The molecule has 110 valence electrons. The van der Waals surface area contributed by atoms with Crippen molar-refractivity contribution in [2.45, 2.75) is 25.4 Å². The van der Waals surface area contributed by atoms with Gasteiger partial charge in [-0.25, -0.2) is 0 Å². The van der Waals surface area contributed by atoms with Gasteiger partial charge in [-0.2, -0.15) is 0 Å². The number of likely N-dealkylation sites (tertiary alicyclic amines) is 1. The summed E-state index contributed by atoms with van der Waals surface area (Å²) in [5, 5.41) is 10.1. The molecule has 0 aliphatic carbocycles. The summed E-state index contributed by atoms with van der Waals surface area (Å²) in [4.78, 5) is 25.7. The Bertz CT molecular complexity index is 487. The van der Waals surface area contributed by atoms with E-state index in [1.165, 1.54) is 18.3 Å². The summed E-state index contributed by atoms with van der Waals surface area (Å²) in [5.41, 5.74) is 0. The highest BCUT2D eigenvalue weighted by atomic mass is 16.5. The summed E-state index contributed by atoms with van der Waals surface area (Å²) in [6.07, 6.45) is 3.55. The van der Waals surface area contributed by atoms with E-state index >= 15 is 0 Å². The topological polar surface area (TPSA) is 89.3 Å². The summed E-state index contributed by atoms with van der Waals surface area (Å²) < 4.78 is 6.77. The van der Waals surface area contributed by atoms with Gasteiger partial charge in [0.25, 0.3) is 5.91 Å². The Balaban J connectivity index is 1.95. The number of aryl methyl sites for hydroxylation is 1. The number of hydrogen-bond donors (Lipinski definition) is 1. The average molecular weight is 281 g/mol. The van der Waals surface area contributed by atoms with Gasteiger partial charge in [-0.15, -0.1) is 10.2 Å². The van der Waals surface area contributed by atoms with E-state index in [0.29, 0.717) is 18.9 Å². The van der Waals surface area contributed by atoms with Gasteiger partial charge in [-0.05, 0) is 19.3 Å². The van der Waals surface area contributed by atoms with Crippen LogP contribution < -0.4 is 5.32 Å². The Kier molecular flexibility index (Phi) is 4.67. The fourth-order valence-electron chi connectivity index (χ4n) is 2.18. The van der Waals surface area contributed by atoms with E-state index in [1.807, 2.05) is 0 Å². The van der Waals surface area contributed by atoms with Crippen LogP contribution in [0.4, 0.5) is 5.95 Å². The fraction of sp³-hybridized carbons (Fsp3) is 0.667. The van der Waals surface area contributed by atoms with Crippen molar-refractivity contribution >= 4 is 17.8 Å². The maximum atomic E-state index is 12.2. The Labute approximate surface area is 117 Å². The van der Waals surface area contributed by atoms with Crippen molar-refractivity contribution in [1.82, 2.24) is 19.7 Å². The molecule has 2 amide bonds. The van der Waals surface area contributed by atoms with E-state index in [0.717, 1.165) is 12.8 Å². The molecule has 0 aromatic carbocycles. The average Bonchev–Trinajstić information content (AvgIpc) is 2.73. The number of aromatic nitrogens is 3. The lowest BCUT2D eigenvalue weighted by atomic mass is 10.2. The monoisotopic (exact) mass is 281 g/mol. The molecule has 0 spiro atoms. The quantitative estimate of drug-likeness (QED) is 0.824. The minimum Gasteiger partial charge on any atom is -0.372 e. The molecule has 1 N–H and O–H groups in total. The third-order valence-corrected chi connectivity index (χ3v) is 3.31. The van der Waals surface area contributed by atoms with Crippen LogP contribution in [0.3, 0.4) is 0 Å². The van der Waals surface area contributed by atoms with E-state index in [4.69, 9.17) is 4.74 Å². The van der Waals surface area contributed by atoms with Crippen LogP contribution in [0.5, 0.6) is 0 Å². The first-order chi connectivity index (χ1) is 9.61. The predicted molar refractivity (Wildman–Crippen MR) is 70.9 cm³/mol. The normalized spacial score (nSPS) is 19.8. The molecule has 8 heteroatoms. The molecule has 1 unspecified atom stereocenters. The van der Waals surface area contributed by atoms with Gasteiger partial charge in [-0.1, -0.05) is 0 Å². The maximum Gasteiger partial charge on any atom is 0.252 e. The number of ether oxygens (including phenoxy) is 1. The maximum absolute atomic E-state index is 12.2. The zero-order valence-electron chi connectivity index (χ0n) is 11.7. The van der Waals surface area contributed by atoms with E-state index in [9.17, 15) is 9.59 Å². The lowest BCUT2D eigenvalue weighted by Gasteiger charge is -2.22. The summed E-state index contributed by atoms with van der Waals surface area (Å²) >= 11 is 0. The van der Waals surface area contributed by atoms with Crippen LogP contribution in [0, 0.1) is 0 Å². The first-order valence-corrected chi connectivity index (χ1v) is 6.57. The number of nitrogens with one attached hydrogen (secondary N) is 1. The number of carbonyl (C=O) groups is 2. The Morgan fingerprint density at radius 1 is 1.55 bits per heavy atom. The lowest BCUT2D eigenvalue weighted by Crippen LogP contribution is -2.43. The first kappa shape index (κ1) is 14.4. The minimum atomic E-state index is -0.444. The third kappa shape index (κ3) is 3.32. The molecule has 1 aliphatic heterocycles. The number of rotatable bonds is 4. The molecule has 2 heterocycles. The van der Waals surface area contributed by atoms with Gasteiger partial charge < -0.3 is 14.2 Å². The molecule has 8 nitrogen and oxygen atoms in total. The minimum absolute atomic E-state index is 0.00551. The molecule has 2 rings (SSSR count). The van der Waals surface area contributed by atoms with Crippen molar-refractivity contribution in [3.05, 3.63) is 6.33 Å². The molecule has 0 bridgehead atoms. The van der Waals surface area contributed by atoms with Crippen molar-refractivity contribution in [2.75, 3.05) is 25.5 Å². The standard InChI is InChI=1S/C12H19N5O3/c1-16-8-13-15-12(16)14-10(18)7-17-6-4-3-5-9(20-2)11(17)19/h8-9H,3-7H2,1-2H3,(H,14,15,18). The second-order valence-electron chi connectivity index (χ2n) is 4.79. The molecule has 1 atom stereocenters. The van der Waals surface area contributed by atoms with Gasteiger partial charge in [0.05, 0.1) is 0 Å². The van der Waals surface area contributed by atoms with Crippen molar-refractivity contribution < 1.29 is 14.3 Å². The lowest BCUT2D eigenvalue weighted by molar-refractivity contribution is -0.143. The number of nitrogens with zero attached hydrogens (tertiary/aromatic N) is 4. The zero-order valence-corrected chi connectivity index (χ0v) is 11.7. The molecule has 20 heavy (non-hydrogen) atoms. The van der Waals surface area contributed by atoms with E-state index in [-0.39, 0.29) is 18.4 Å². The molecule has 1 aromatic heterocycles. The second kappa shape index (κ2) is 6.47. The molecular weight excluding hydrogens is 262 g/mol. The number of hydrogen-bond acceptors (Lipinski definition) is 5. The Morgan fingerprint density at radius 3 is 3.00 bits per heavy atom. The SMILES string of the molecule is COC1CCCCN(CC(=O)Nc2nncn2C)C1=O. The third-order valence-electron chi connectivity index (χ3n) is 3.31. The van der Waals surface area contributed by atoms with Gasteiger partial charge >= 0.3 is 0 Å². The van der Waals surface area contributed by atoms with Crippen LogP contribution in [-0.2, 0) is 21.4 Å². The first-order valence-electron chi connectivity index (χ1n) is 6.57. The molecule has 1 saturated heterocycles. The highest BCUT2D eigenvalue weighted by Crippen LogP contribution is 2.14. The molecular formula is C12H19N5O3. The highest BCUT2D eigenvalue weighted by Gasteiger charge is 2.28. The molecule has 1 aliphatic rings. The zero-order chi connectivity index (χ0) is 14.5. The van der Waals surface area contributed by atoms with Crippen molar-refractivity contribution in [1.29, 1.82) is 0 Å². The molecule has 1 fully saturated rings. The van der Waals surface area contributed by atoms with Crippen LogP contribution in [-0.4, -0.2) is 57.8 Å². The van der Waals surface area contributed by atoms with Gasteiger partial charge in [0.1, 0.15) is 19.0 Å². The summed E-state index contributed by atoms with van der Waals surface area (Å²) in [7, 11) is 3.25. The number of anilines is 1. The molecule has 0 radical (unpaired) electrons.